The third kappa shape index (κ3) is 2.86. The van der Waals surface area contributed by atoms with E-state index in [1.165, 1.54) is 41.7 Å². The molecule has 4 nitrogen and oxygen atoms in total. The van der Waals surface area contributed by atoms with Gasteiger partial charge in [0.05, 0.1) is 4.88 Å². The van der Waals surface area contributed by atoms with Crippen LogP contribution in [-0.2, 0) is 7.05 Å². The number of carbonyl (C=O) groups is 1. The zero-order valence-corrected chi connectivity index (χ0v) is 14.5. The first-order valence-corrected chi connectivity index (χ1v) is 8.63. The standard InChI is InChI=1S/C19H13F2N3OS/c1-24-19-14(17(23-24)13-4-2-3-5-15(13)21)10-16(26-19)18(25)22-12-8-6-11(20)7-9-12/h2-10H,1H3,(H,22,25). The second kappa shape index (κ2) is 6.34. The first kappa shape index (κ1) is 16.4. The zero-order chi connectivity index (χ0) is 18.3. The lowest BCUT2D eigenvalue weighted by Gasteiger charge is -2.03. The van der Waals surface area contributed by atoms with Gasteiger partial charge >= 0.3 is 0 Å². The minimum Gasteiger partial charge on any atom is -0.321 e. The first-order chi connectivity index (χ1) is 12.5. The molecular formula is C19H13F2N3OS. The number of halogens is 2. The van der Waals surface area contributed by atoms with Gasteiger partial charge in [-0.2, -0.15) is 5.10 Å². The zero-order valence-electron chi connectivity index (χ0n) is 13.7. The molecule has 1 N–H and O–H groups in total. The number of aromatic nitrogens is 2. The molecule has 4 rings (SSSR count). The van der Waals surface area contributed by atoms with Gasteiger partial charge in [0.2, 0.25) is 0 Å². The van der Waals surface area contributed by atoms with Gasteiger partial charge in [-0.15, -0.1) is 11.3 Å². The summed E-state index contributed by atoms with van der Waals surface area (Å²) in [6.45, 7) is 0. The van der Waals surface area contributed by atoms with Gasteiger partial charge in [-0.25, -0.2) is 8.78 Å². The van der Waals surface area contributed by atoms with Gasteiger partial charge in [-0.05, 0) is 42.5 Å². The minimum atomic E-state index is -0.370. The lowest BCUT2D eigenvalue weighted by molar-refractivity contribution is 0.103. The van der Waals surface area contributed by atoms with Crippen LogP contribution in [0.4, 0.5) is 14.5 Å². The van der Waals surface area contributed by atoms with E-state index in [0.717, 1.165) is 4.83 Å². The highest BCUT2D eigenvalue weighted by atomic mass is 32.1. The summed E-state index contributed by atoms with van der Waals surface area (Å²) in [5.41, 5.74) is 1.39. The Hall–Kier alpha value is -3.06. The highest BCUT2D eigenvalue weighted by Crippen LogP contribution is 2.34. The summed E-state index contributed by atoms with van der Waals surface area (Å²) in [4.78, 5) is 13.7. The van der Waals surface area contributed by atoms with E-state index < -0.39 is 0 Å². The summed E-state index contributed by atoms with van der Waals surface area (Å²) in [6, 6.07) is 13.6. The van der Waals surface area contributed by atoms with Gasteiger partial charge in [0.1, 0.15) is 22.2 Å². The summed E-state index contributed by atoms with van der Waals surface area (Å²) in [6.07, 6.45) is 0. The summed E-state index contributed by atoms with van der Waals surface area (Å²) in [5.74, 6) is -1.04. The molecule has 0 fully saturated rings. The Morgan fingerprint density at radius 2 is 1.85 bits per heavy atom. The molecule has 0 aliphatic carbocycles. The average molecular weight is 369 g/mol. The molecule has 0 aliphatic heterocycles. The largest absolute Gasteiger partial charge is 0.321 e. The fourth-order valence-corrected chi connectivity index (χ4v) is 3.70. The molecule has 0 saturated carbocycles. The molecular weight excluding hydrogens is 356 g/mol. The number of thiophene rings is 1. The number of hydrogen-bond acceptors (Lipinski definition) is 3. The number of rotatable bonds is 3. The monoisotopic (exact) mass is 369 g/mol. The Morgan fingerprint density at radius 3 is 2.58 bits per heavy atom. The van der Waals surface area contributed by atoms with Crippen LogP contribution in [0.15, 0.2) is 54.6 Å². The van der Waals surface area contributed by atoms with Crippen molar-refractivity contribution in [3.8, 4) is 11.3 Å². The van der Waals surface area contributed by atoms with Gasteiger partial charge in [0.15, 0.2) is 0 Å². The van der Waals surface area contributed by atoms with E-state index in [1.807, 2.05) is 0 Å². The Bertz CT molecular complexity index is 1120. The van der Waals surface area contributed by atoms with Gasteiger partial charge < -0.3 is 5.32 Å². The number of carbonyl (C=O) groups excluding carboxylic acids is 1. The normalized spacial score (nSPS) is 11.0. The Kier molecular flexibility index (Phi) is 4.00. The summed E-state index contributed by atoms with van der Waals surface area (Å²) in [5, 5.41) is 7.83. The molecule has 26 heavy (non-hydrogen) atoms. The second-order valence-electron chi connectivity index (χ2n) is 5.74. The van der Waals surface area contributed by atoms with Crippen molar-refractivity contribution < 1.29 is 13.6 Å². The predicted molar refractivity (Wildman–Crippen MR) is 98.3 cm³/mol. The molecule has 2 aromatic heterocycles. The maximum absolute atomic E-state index is 14.1. The number of nitrogens with zero attached hydrogens (tertiary/aromatic N) is 2. The van der Waals surface area contributed by atoms with Gasteiger partial charge in [0, 0.05) is 23.7 Å². The smallest absolute Gasteiger partial charge is 0.265 e. The fraction of sp³-hybridized carbons (Fsp3) is 0.0526. The first-order valence-electron chi connectivity index (χ1n) is 7.81. The Balaban J connectivity index is 1.72. The van der Waals surface area contributed by atoms with Gasteiger partial charge in [0.25, 0.3) is 5.91 Å². The van der Waals surface area contributed by atoms with E-state index in [-0.39, 0.29) is 17.5 Å². The third-order valence-corrected chi connectivity index (χ3v) is 5.17. The van der Waals surface area contributed by atoms with Crippen LogP contribution in [0.3, 0.4) is 0 Å². The van der Waals surface area contributed by atoms with Crippen molar-refractivity contribution in [2.24, 2.45) is 7.05 Å². The topological polar surface area (TPSA) is 46.9 Å². The van der Waals surface area contributed by atoms with E-state index in [4.69, 9.17) is 0 Å². The molecule has 0 saturated heterocycles. The van der Waals surface area contributed by atoms with E-state index in [2.05, 4.69) is 10.4 Å². The Labute approximate surface area is 151 Å². The van der Waals surface area contributed by atoms with Gasteiger partial charge in [-0.3, -0.25) is 9.48 Å². The fourth-order valence-electron chi connectivity index (χ4n) is 2.73. The van der Waals surface area contributed by atoms with Crippen molar-refractivity contribution in [3.63, 3.8) is 0 Å². The molecule has 0 bridgehead atoms. The summed E-state index contributed by atoms with van der Waals surface area (Å²) < 4.78 is 28.8. The number of nitrogens with one attached hydrogen (secondary N) is 1. The third-order valence-electron chi connectivity index (χ3n) is 3.97. The van der Waals surface area contributed by atoms with Crippen molar-refractivity contribution in [2.75, 3.05) is 5.32 Å². The van der Waals surface area contributed by atoms with Crippen LogP contribution < -0.4 is 5.32 Å². The van der Waals surface area contributed by atoms with Crippen molar-refractivity contribution in [3.05, 3.63) is 71.1 Å². The van der Waals surface area contributed by atoms with Gasteiger partial charge in [-0.1, -0.05) is 12.1 Å². The molecule has 0 atom stereocenters. The molecule has 7 heteroatoms. The highest BCUT2D eigenvalue weighted by molar-refractivity contribution is 7.20. The predicted octanol–water partition coefficient (Wildman–Crippen LogP) is 4.83. The average Bonchev–Trinajstić information content (AvgIpc) is 3.19. The molecule has 0 unspecified atom stereocenters. The van der Waals surface area contributed by atoms with E-state index >= 15 is 0 Å². The lowest BCUT2D eigenvalue weighted by Crippen LogP contribution is -2.10. The maximum atomic E-state index is 14.1. The number of anilines is 1. The van der Waals surface area contributed by atoms with Crippen LogP contribution in [0.1, 0.15) is 9.67 Å². The van der Waals surface area contributed by atoms with Crippen molar-refractivity contribution in [1.82, 2.24) is 9.78 Å². The van der Waals surface area contributed by atoms with E-state index in [0.29, 0.717) is 27.2 Å². The summed E-state index contributed by atoms with van der Waals surface area (Å²) >= 11 is 1.27. The quantitative estimate of drug-likeness (QED) is 0.562. The number of aryl methyl sites for hydroxylation is 1. The molecule has 2 heterocycles. The lowest BCUT2D eigenvalue weighted by atomic mass is 10.1. The van der Waals surface area contributed by atoms with Crippen molar-refractivity contribution in [2.45, 2.75) is 0 Å². The van der Waals surface area contributed by atoms with Crippen LogP contribution in [-0.4, -0.2) is 15.7 Å². The Morgan fingerprint density at radius 1 is 1.12 bits per heavy atom. The molecule has 4 aromatic rings. The molecule has 0 radical (unpaired) electrons. The molecule has 2 aromatic carbocycles. The summed E-state index contributed by atoms with van der Waals surface area (Å²) in [7, 11) is 1.75. The molecule has 130 valence electrons. The molecule has 0 aliphatic rings. The van der Waals surface area contributed by atoms with E-state index in [1.54, 1.807) is 36.0 Å². The molecule has 1 amide bonds. The van der Waals surface area contributed by atoms with Crippen LogP contribution in [0.2, 0.25) is 0 Å². The maximum Gasteiger partial charge on any atom is 0.265 e. The number of hydrogen-bond donors (Lipinski definition) is 1. The number of benzene rings is 2. The molecule has 0 spiro atoms. The SMILES string of the molecule is Cn1nc(-c2ccccc2F)c2cc(C(=O)Nc3ccc(F)cc3)sc21. The second-order valence-corrected chi connectivity index (χ2v) is 6.77. The van der Waals surface area contributed by atoms with E-state index in [9.17, 15) is 13.6 Å². The van der Waals surface area contributed by atoms with Crippen LogP contribution >= 0.6 is 11.3 Å². The van der Waals surface area contributed by atoms with Crippen molar-refractivity contribution in [1.29, 1.82) is 0 Å². The van der Waals surface area contributed by atoms with Crippen LogP contribution in [0.5, 0.6) is 0 Å². The number of amides is 1. The highest BCUT2D eigenvalue weighted by Gasteiger charge is 2.19. The number of fused-ring (bicyclic) bond motifs is 1. The van der Waals surface area contributed by atoms with Crippen LogP contribution in [0, 0.1) is 11.6 Å². The van der Waals surface area contributed by atoms with Crippen LogP contribution in [0.25, 0.3) is 21.5 Å². The van der Waals surface area contributed by atoms with Crippen molar-refractivity contribution >= 4 is 33.1 Å². The minimum absolute atomic E-state index is 0.308.